The zero-order valence-electron chi connectivity index (χ0n) is 18.9. The van der Waals surface area contributed by atoms with E-state index < -0.39 is 6.04 Å². The number of hydrogen-bond acceptors (Lipinski definition) is 3. The molecule has 5 rings (SSSR count). The minimum atomic E-state index is -0.465. The van der Waals surface area contributed by atoms with Crippen LogP contribution in [0.2, 0.25) is 0 Å². The quantitative estimate of drug-likeness (QED) is 0.620. The monoisotopic (exact) mass is 429 g/mol. The zero-order valence-corrected chi connectivity index (χ0v) is 18.9. The number of allylic oxidation sites excluding steroid dienone is 1. The molecule has 3 aliphatic rings. The van der Waals surface area contributed by atoms with Crippen LogP contribution >= 0.6 is 0 Å². The molecule has 1 aliphatic heterocycles. The lowest BCUT2D eigenvalue weighted by atomic mass is 9.73. The number of urea groups is 1. The Morgan fingerprint density at radius 3 is 2.44 bits per heavy atom. The predicted molar refractivity (Wildman–Crippen MR) is 128 cm³/mol. The number of rotatable bonds is 2. The summed E-state index contributed by atoms with van der Waals surface area (Å²) in [5.74, 6) is 0.115. The van der Waals surface area contributed by atoms with Gasteiger partial charge in [-0.05, 0) is 42.4 Å². The second kappa shape index (κ2) is 8.12. The molecule has 1 heterocycles. The van der Waals surface area contributed by atoms with Crippen LogP contribution in [0.15, 0.2) is 65.9 Å². The minimum Gasteiger partial charge on any atom is -0.357 e. The number of para-hydroxylation sites is 2. The van der Waals surface area contributed by atoms with Gasteiger partial charge in [-0.1, -0.05) is 69.2 Å². The van der Waals surface area contributed by atoms with Crippen LogP contribution in [-0.2, 0) is 4.79 Å². The number of benzene rings is 2. The maximum atomic E-state index is 13.8. The van der Waals surface area contributed by atoms with Crippen molar-refractivity contribution in [3.63, 3.8) is 0 Å². The molecule has 0 spiro atoms. The Hall–Kier alpha value is -3.08. The lowest BCUT2D eigenvalue weighted by Gasteiger charge is -2.37. The zero-order chi connectivity index (χ0) is 22.3. The average molecular weight is 430 g/mol. The number of carbonyl (C=O) groups excluding carboxylic acids is 2. The molecule has 1 atom stereocenters. The summed E-state index contributed by atoms with van der Waals surface area (Å²) in [5, 5.41) is 6.83. The predicted octanol–water partition coefficient (Wildman–Crippen LogP) is 5.96. The van der Waals surface area contributed by atoms with E-state index in [0.29, 0.717) is 12.0 Å². The van der Waals surface area contributed by atoms with Crippen LogP contribution in [-0.4, -0.2) is 17.9 Å². The van der Waals surface area contributed by atoms with Gasteiger partial charge in [0, 0.05) is 23.7 Å². The maximum absolute atomic E-state index is 13.8. The van der Waals surface area contributed by atoms with E-state index in [4.69, 9.17) is 0 Å². The summed E-state index contributed by atoms with van der Waals surface area (Å²) in [6, 6.07) is 17.4. The highest BCUT2D eigenvalue weighted by Gasteiger charge is 2.43. The minimum absolute atomic E-state index is 0.115. The molecule has 2 aliphatic carbocycles. The van der Waals surface area contributed by atoms with Crippen LogP contribution in [0, 0.1) is 5.41 Å². The van der Waals surface area contributed by atoms with E-state index in [1.165, 1.54) is 0 Å². The second-order valence-electron chi connectivity index (χ2n) is 10.1. The first-order chi connectivity index (χ1) is 15.4. The Bertz CT molecular complexity index is 1070. The third-order valence-corrected chi connectivity index (χ3v) is 6.92. The van der Waals surface area contributed by atoms with Crippen molar-refractivity contribution in [3.05, 3.63) is 71.4 Å². The number of amides is 2. The fourth-order valence-corrected chi connectivity index (χ4v) is 5.48. The van der Waals surface area contributed by atoms with Crippen molar-refractivity contribution >= 4 is 23.2 Å². The smallest absolute Gasteiger partial charge is 0.323 e. The van der Waals surface area contributed by atoms with Gasteiger partial charge >= 0.3 is 6.03 Å². The average Bonchev–Trinajstić information content (AvgIpc) is 3.21. The number of nitrogens with one attached hydrogen (secondary N) is 2. The molecule has 0 unspecified atom stereocenters. The normalized spacial score (nSPS) is 22.6. The molecule has 2 aromatic rings. The van der Waals surface area contributed by atoms with E-state index in [0.717, 1.165) is 54.7 Å². The number of carbonyl (C=O) groups is 2. The second-order valence-corrected chi connectivity index (χ2v) is 10.1. The number of nitrogens with zero attached hydrogens (tertiary/aromatic N) is 1. The van der Waals surface area contributed by atoms with Crippen molar-refractivity contribution < 1.29 is 9.59 Å². The molecule has 1 fully saturated rings. The molecule has 5 nitrogen and oxygen atoms in total. The van der Waals surface area contributed by atoms with Gasteiger partial charge in [0.15, 0.2) is 5.78 Å². The van der Waals surface area contributed by atoms with Gasteiger partial charge in [-0.2, -0.15) is 0 Å². The van der Waals surface area contributed by atoms with Gasteiger partial charge in [-0.25, -0.2) is 4.79 Å². The van der Waals surface area contributed by atoms with E-state index in [9.17, 15) is 9.59 Å². The number of fused-ring (bicyclic) bond motifs is 1. The topological polar surface area (TPSA) is 61.4 Å². The lowest BCUT2D eigenvalue weighted by Crippen LogP contribution is -2.47. The van der Waals surface area contributed by atoms with Crippen molar-refractivity contribution in [2.75, 3.05) is 10.2 Å². The molecule has 2 amide bonds. The number of hydrogen-bond donors (Lipinski definition) is 2. The molecule has 2 aromatic carbocycles. The first-order valence-corrected chi connectivity index (χ1v) is 11.7. The van der Waals surface area contributed by atoms with Crippen molar-refractivity contribution in [3.8, 4) is 0 Å². The molecule has 166 valence electrons. The molecule has 2 N–H and O–H groups in total. The highest BCUT2D eigenvalue weighted by molar-refractivity contribution is 6.06. The fourth-order valence-electron chi connectivity index (χ4n) is 5.48. The molecule has 0 saturated heterocycles. The number of anilines is 2. The summed E-state index contributed by atoms with van der Waals surface area (Å²) in [6.45, 7) is 4.27. The molecule has 32 heavy (non-hydrogen) atoms. The van der Waals surface area contributed by atoms with Crippen LogP contribution in [0.25, 0.3) is 0 Å². The molecular formula is C27H31N3O2. The molecule has 1 saturated carbocycles. The van der Waals surface area contributed by atoms with Crippen molar-refractivity contribution in [1.29, 1.82) is 0 Å². The van der Waals surface area contributed by atoms with Gasteiger partial charge in [-0.15, -0.1) is 0 Å². The maximum Gasteiger partial charge on any atom is 0.323 e. The van der Waals surface area contributed by atoms with E-state index in [1.54, 1.807) is 0 Å². The lowest BCUT2D eigenvalue weighted by molar-refractivity contribution is -0.118. The van der Waals surface area contributed by atoms with Crippen LogP contribution in [0.5, 0.6) is 0 Å². The fraction of sp³-hybridized carbons (Fsp3) is 0.407. The molecule has 0 radical (unpaired) electrons. The van der Waals surface area contributed by atoms with E-state index in [1.807, 2.05) is 59.5 Å². The van der Waals surface area contributed by atoms with Crippen LogP contribution in [0.1, 0.15) is 64.0 Å². The van der Waals surface area contributed by atoms with Gasteiger partial charge in [0.05, 0.1) is 17.4 Å². The highest BCUT2D eigenvalue weighted by atomic mass is 16.2. The Kier molecular flexibility index (Phi) is 5.28. The van der Waals surface area contributed by atoms with E-state index in [2.05, 4.69) is 24.5 Å². The summed E-state index contributed by atoms with van der Waals surface area (Å²) in [6.07, 6.45) is 5.56. The molecular weight excluding hydrogens is 398 g/mol. The number of Topliss-reactive ketones (excluding diaryl/α,β-unsaturated/α-hetero) is 1. The summed E-state index contributed by atoms with van der Waals surface area (Å²) in [4.78, 5) is 29.2. The third-order valence-electron chi connectivity index (χ3n) is 6.92. The summed E-state index contributed by atoms with van der Waals surface area (Å²) in [5.41, 5.74) is 4.15. The largest absolute Gasteiger partial charge is 0.357 e. The van der Waals surface area contributed by atoms with Crippen LogP contribution in [0.3, 0.4) is 0 Å². The third kappa shape index (κ3) is 3.81. The van der Waals surface area contributed by atoms with Crippen LogP contribution < -0.4 is 15.5 Å². The van der Waals surface area contributed by atoms with E-state index >= 15 is 0 Å². The molecule has 0 bridgehead atoms. The SMILES string of the molecule is CC1(C)CC(=O)C2=C(C1)Nc1ccccc1N(C(=O)NC1CCCC1)[C@H]2c1ccccc1. The van der Waals surface area contributed by atoms with Gasteiger partial charge < -0.3 is 10.6 Å². The van der Waals surface area contributed by atoms with E-state index in [-0.39, 0.29) is 23.3 Å². The van der Waals surface area contributed by atoms with Gasteiger partial charge in [0.25, 0.3) is 0 Å². The summed E-state index contributed by atoms with van der Waals surface area (Å²) < 4.78 is 0. The Labute approximate surface area is 189 Å². The Morgan fingerprint density at radius 2 is 1.69 bits per heavy atom. The standard InChI is InChI=1S/C27H31N3O2/c1-27(2)16-21-24(23(31)17-27)25(18-10-4-3-5-11-18)30(22-15-9-8-14-20(22)29-21)26(32)28-19-12-6-7-13-19/h3-5,8-11,14-15,19,25,29H,6-7,12-13,16-17H2,1-2H3,(H,28,32)/t25-/m0/s1. The van der Waals surface area contributed by atoms with Crippen LogP contribution in [0.4, 0.5) is 16.2 Å². The molecule has 0 aromatic heterocycles. The van der Waals surface area contributed by atoms with Crippen molar-refractivity contribution in [2.45, 2.75) is 64.5 Å². The Balaban J connectivity index is 1.69. The highest BCUT2D eigenvalue weighted by Crippen LogP contribution is 2.48. The summed E-state index contributed by atoms with van der Waals surface area (Å²) >= 11 is 0. The number of ketones is 1. The first-order valence-electron chi connectivity index (χ1n) is 11.7. The Morgan fingerprint density at radius 1 is 1.00 bits per heavy atom. The molecule has 5 heteroatoms. The van der Waals surface area contributed by atoms with Gasteiger partial charge in [0.2, 0.25) is 0 Å². The van der Waals surface area contributed by atoms with Crippen molar-refractivity contribution in [2.24, 2.45) is 5.41 Å². The van der Waals surface area contributed by atoms with Gasteiger partial charge in [-0.3, -0.25) is 9.69 Å². The van der Waals surface area contributed by atoms with Gasteiger partial charge in [0.1, 0.15) is 0 Å². The van der Waals surface area contributed by atoms with Crippen molar-refractivity contribution in [1.82, 2.24) is 5.32 Å². The summed E-state index contributed by atoms with van der Waals surface area (Å²) in [7, 11) is 0. The first kappa shape index (κ1) is 20.8.